The summed E-state index contributed by atoms with van der Waals surface area (Å²) in [7, 11) is 0. The van der Waals surface area contributed by atoms with E-state index >= 15 is 0 Å². The number of carbonyl (C=O) groups is 1. The number of nitrogens with two attached hydrogens (primary N) is 1. The predicted molar refractivity (Wildman–Crippen MR) is 92.1 cm³/mol. The fourth-order valence-electron chi connectivity index (χ4n) is 3.45. The molecule has 122 valence electrons. The zero-order valence-corrected chi connectivity index (χ0v) is 13.5. The molecule has 0 fully saturated rings. The van der Waals surface area contributed by atoms with E-state index in [1.54, 1.807) is 12.4 Å². The highest BCUT2D eigenvalue weighted by atomic mass is 16.5. The molecule has 1 aromatic heterocycles. The molecule has 0 aliphatic carbocycles. The number of amides is 1. The van der Waals surface area contributed by atoms with Crippen LogP contribution in [0.15, 0.2) is 42.7 Å². The topological polar surface area (TPSA) is 70.1 Å². The Balaban J connectivity index is 1.90. The van der Waals surface area contributed by atoms with Gasteiger partial charge in [0.05, 0.1) is 11.8 Å². The Kier molecular flexibility index (Phi) is 3.49. The lowest BCUT2D eigenvalue weighted by Gasteiger charge is -2.28. The van der Waals surface area contributed by atoms with Gasteiger partial charge in [0, 0.05) is 17.7 Å². The molecule has 1 atom stereocenters. The highest BCUT2D eigenvalue weighted by molar-refractivity contribution is 6.00. The summed E-state index contributed by atoms with van der Waals surface area (Å²) in [5.41, 5.74) is 9.84. The number of nitrogens with zero attached hydrogens (tertiary/aromatic N) is 2. The zero-order chi connectivity index (χ0) is 16.7. The minimum atomic E-state index is -0.430. The molecule has 5 nitrogen and oxygen atoms in total. The standard InChI is InChI=1S/C19H19N3O2/c1-2-22-11-21-15-10-14(19(20)23)13-8-9-16(24-18(13)17(15)22)12-6-4-3-5-7-12/h3-7,10-11,16H,2,8-9H2,1H3,(H2,20,23). The number of ether oxygens (including phenoxy) is 1. The van der Waals surface area contributed by atoms with E-state index in [1.807, 2.05) is 22.8 Å². The number of aryl methyl sites for hydroxylation is 1. The largest absolute Gasteiger partial charge is 0.483 e. The van der Waals surface area contributed by atoms with Crippen LogP contribution in [0.4, 0.5) is 0 Å². The number of hydrogen-bond acceptors (Lipinski definition) is 3. The first-order chi connectivity index (χ1) is 11.7. The van der Waals surface area contributed by atoms with Gasteiger partial charge in [0.2, 0.25) is 5.91 Å². The minimum absolute atomic E-state index is 0.0229. The Bertz CT molecular complexity index is 915. The van der Waals surface area contributed by atoms with Crippen LogP contribution >= 0.6 is 0 Å². The van der Waals surface area contributed by atoms with Gasteiger partial charge in [-0.25, -0.2) is 4.98 Å². The molecule has 2 N–H and O–H groups in total. The Morgan fingerprint density at radius 2 is 2.17 bits per heavy atom. The van der Waals surface area contributed by atoms with Crippen molar-refractivity contribution in [2.75, 3.05) is 0 Å². The van der Waals surface area contributed by atoms with E-state index < -0.39 is 5.91 Å². The Morgan fingerprint density at radius 1 is 1.38 bits per heavy atom. The normalized spacial score (nSPS) is 16.6. The van der Waals surface area contributed by atoms with Crippen LogP contribution in [0.1, 0.15) is 40.9 Å². The molecule has 4 rings (SSSR count). The zero-order valence-electron chi connectivity index (χ0n) is 13.5. The maximum Gasteiger partial charge on any atom is 0.249 e. The smallest absolute Gasteiger partial charge is 0.249 e. The van der Waals surface area contributed by atoms with Crippen molar-refractivity contribution in [2.24, 2.45) is 5.73 Å². The summed E-state index contributed by atoms with van der Waals surface area (Å²) in [6.07, 6.45) is 3.34. The van der Waals surface area contributed by atoms with Gasteiger partial charge in [-0.1, -0.05) is 30.3 Å². The van der Waals surface area contributed by atoms with Crippen LogP contribution in [0.25, 0.3) is 11.0 Å². The molecular formula is C19H19N3O2. The lowest BCUT2D eigenvalue weighted by molar-refractivity contribution is 0.0996. The number of imidazole rings is 1. The first-order valence-corrected chi connectivity index (χ1v) is 8.21. The highest BCUT2D eigenvalue weighted by Gasteiger charge is 2.28. The summed E-state index contributed by atoms with van der Waals surface area (Å²) < 4.78 is 8.40. The van der Waals surface area contributed by atoms with Gasteiger partial charge in [0.1, 0.15) is 17.4 Å². The molecule has 3 aromatic rings. The number of carbonyl (C=O) groups excluding carboxylic acids is 1. The van der Waals surface area contributed by atoms with Crippen LogP contribution in [0.2, 0.25) is 0 Å². The first kappa shape index (κ1) is 14.8. The molecule has 0 bridgehead atoms. The van der Waals surface area contributed by atoms with Crippen LogP contribution < -0.4 is 10.5 Å². The van der Waals surface area contributed by atoms with E-state index in [2.05, 4.69) is 24.0 Å². The molecule has 0 saturated carbocycles. The van der Waals surface area contributed by atoms with Crippen molar-refractivity contribution in [3.8, 4) is 5.75 Å². The van der Waals surface area contributed by atoms with E-state index in [-0.39, 0.29) is 6.10 Å². The minimum Gasteiger partial charge on any atom is -0.483 e. The van der Waals surface area contributed by atoms with Crippen molar-refractivity contribution in [2.45, 2.75) is 32.4 Å². The summed E-state index contributed by atoms with van der Waals surface area (Å²) in [6.45, 7) is 2.85. The monoisotopic (exact) mass is 321 g/mol. The van der Waals surface area contributed by atoms with E-state index in [0.717, 1.165) is 47.3 Å². The van der Waals surface area contributed by atoms with Gasteiger partial charge in [-0.15, -0.1) is 0 Å². The van der Waals surface area contributed by atoms with Crippen molar-refractivity contribution < 1.29 is 9.53 Å². The quantitative estimate of drug-likeness (QED) is 0.805. The first-order valence-electron chi connectivity index (χ1n) is 8.21. The third-order valence-corrected chi connectivity index (χ3v) is 4.66. The summed E-state index contributed by atoms with van der Waals surface area (Å²) in [6, 6.07) is 12.0. The summed E-state index contributed by atoms with van der Waals surface area (Å²) >= 11 is 0. The number of aromatic nitrogens is 2. The Labute approximate surface area is 140 Å². The molecule has 2 heterocycles. The Hall–Kier alpha value is -2.82. The third-order valence-electron chi connectivity index (χ3n) is 4.66. The van der Waals surface area contributed by atoms with Crippen LogP contribution in [0.5, 0.6) is 5.75 Å². The van der Waals surface area contributed by atoms with Gasteiger partial charge in [0.25, 0.3) is 0 Å². The van der Waals surface area contributed by atoms with Gasteiger partial charge in [-0.3, -0.25) is 4.79 Å². The lowest BCUT2D eigenvalue weighted by Crippen LogP contribution is -2.21. The molecule has 0 saturated heterocycles. The van der Waals surface area contributed by atoms with Crippen molar-refractivity contribution in [1.29, 1.82) is 0 Å². The molecule has 1 aliphatic rings. The lowest BCUT2D eigenvalue weighted by atomic mass is 9.93. The number of fused-ring (bicyclic) bond motifs is 3. The summed E-state index contributed by atoms with van der Waals surface area (Å²) in [5, 5.41) is 0. The maximum atomic E-state index is 11.9. The number of benzene rings is 2. The average Bonchev–Trinajstić information content (AvgIpc) is 3.04. The SMILES string of the molecule is CCn1cnc2cc(C(N)=O)c3c(c21)OC(c1ccccc1)CC3. The molecule has 24 heavy (non-hydrogen) atoms. The van der Waals surface area contributed by atoms with Gasteiger partial charge in [-0.2, -0.15) is 0 Å². The van der Waals surface area contributed by atoms with Gasteiger partial charge in [-0.05, 0) is 31.4 Å². The van der Waals surface area contributed by atoms with Gasteiger partial charge >= 0.3 is 0 Å². The molecule has 0 spiro atoms. The number of primary amides is 1. The molecule has 1 amide bonds. The van der Waals surface area contributed by atoms with Crippen LogP contribution in [0.3, 0.4) is 0 Å². The van der Waals surface area contributed by atoms with Crippen molar-refractivity contribution in [3.63, 3.8) is 0 Å². The van der Waals surface area contributed by atoms with Crippen molar-refractivity contribution in [3.05, 3.63) is 59.4 Å². The van der Waals surface area contributed by atoms with Crippen molar-refractivity contribution >= 4 is 16.9 Å². The molecule has 1 aliphatic heterocycles. The van der Waals surface area contributed by atoms with Gasteiger partial charge < -0.3 is 15.0 Å². The number of rotatable bonds is 3. The fourth-order valence-corrected chi connectivity index (χ4v) is 3.45. The van der Waals surface area contributed by atoms with Gasteiger partial charge in [0.15, 0.2) is 0 Å². The van der Waals surface area contributed by atoms with E-state index in [1.165, 1.54) is 0 Å². The average molecular weight is 321 g/mol. The molecule has 0 radical (unpaired) electrons. The number of hydrogen-bond donors (Lipinski definition) is 1. The highest BCUT2D eigenvalue weighted by Crippen LogP contribution is 2.41. The van der Waals surface area contributed by atoms with E-state index in [4.69, 9.17) is 10.5 Å². The van der Waals surface area contributed by atoms with Crippen LogP contribution in [-0.4, -0.2) is 15.5 Å². The second-order valence-electron chi connectivity index (χ2n) is 6.05. The summed E-state index contributed by atoms with van der Waals surface area (Å²) in [4.78, 5) is 16.3. The molecule has 5 heteroatoms. The second-order valence-corrected chi connectivity index (χ2v) is 6.05. The Morgan fingerprint density at radius 3 is 2.88 bits per heavy atom. The molecule has 1 unspecified atom stereocenters. The van der Waals surface area contributed by atoms with Crippen molar-refractivity contribution in [1.82, 2.24) is 9.55 Å². The van der Waals surface area contributed by atoms with E-state index in [0.29, 0.717) is 5.56 Å². The second kappa shape index (κ2) is 5.67. The molecular weight excluding hydrogens is 302 g/mol. The third kappa shape index (κ3) is 2.24. The van der Waals surface area contributed by atoms with Crippen LogP contribution in [-0.2, 0) is 13.0 Å². The van der Waals surface area contributed by atoms with Crippen LogP contribution in [0, 0.1) is 0 Å². The molecule has 2 aromatic carbocycles. The predicted octanol–water partition coefficient (Wildman–Crippen LogP) is 3.22. The van der Waals surface area contributed by atoms with E-state index in [9.17, 15) is 4.79 Å². The summed E-state index contributed by atoms with van der Waals surface area (Å²) in [5.74, 6) is 0.321. The fraction of sp³-hybridized carbons (Fsp3) is 0.263. The maximum absolute atomic E-state index is 11.9.